The van der Waals surface area contributed by atoms with Crippen molar-refractivity contribution in [2.45, 2.75) is 12.5 Å². The highest BCUT2D eigenvalue weighted by Crippen LogP contribution is 2.31. The standard InChI is InChI=1S/C17H18N2O2/c18-14(12-13-6-2-1-3-7-13)17(20)19-10-11-21-16-9-5-4-8-15(16)19/h1-9,14H,10-12,18H2/t14-/m0/s1. The Morgan fingerprint density at radius 1 is 1.14 bits per heavy atom. The van der Waals surface area contributed by atoms with Crippen molar-refractivity contribution < 1.29 is 9.53 Å². The topological polar surface area (TPSA) is 55.6 Å². The summed E-state index contributed by atoms with van der Waals surface area (Å²) in [5.41, 5.74) is 7.98. The lowest BCUT2D eigenvalue weighted by molar-refractivity contribution is -0.120. The van der Waals surface area contributed by atoms with Crippen molar-refractivity contribution in [2.75, 3.05) is 18.1 Å². The Bertz CT molecular complexity index is 628. The Morgan fingerprint density at radius 3 is 2.67 bits per heavy atom. The lowest BCUT2D eigenvalue weighted by Crippen LogP contribution is -2.48. The van der Waals surface area contributed by atoms with E-state index in [2.05, 4.69) is 0 Å². The zero-order valence-corrected chi connectivity index (χ0v) is 11.7. The zero-order valence-electron chi connectivity index (χ0n) is 11.7. The van der Waals surface area contributed by atoms with Crippen LogP contribution in [0.3, 0.4) is 0 Å². The monoisotopic (exact) mass is 282 g/mol. The highest BCUT2D eigenvalue weighted by atomic mass is 16.5. The van der Waals surface area contributed by atoms with Gasteiger partial charge in [-0.15, -0.1) is 0 Å². The van der Waals surface area contributed by atoms with Crippen LogP contribution >= 0.6 is 0 Å². The number of para-hydroxylation sites is 2. The Kier molecular flexibility index (Phi) is 3.88. The molecule has 0 unspecified atom stereocenters. The van der Waals surface area contributed by atoms with Gasteiger partial charge in [0.15, 0.2) is 0 Å². The molecule has 0 aliphatic carbocycles. The molecule has 0 bridgehead atoms. The maximum absolute atomic E-state index is 12.6. The maximum Gasteiger partial charge on any atom is 0.244 e. The van der Waals surface area contributed by atoms with Gasteiger partial charge in [0.25, 0.3) is 0 Å². The third kappa shape index (κ3) is 2.90. The number of benzene rings is 2. The summed E-state index contributed by atoms with van der Waals surface area (Å²) < 4.78 is 5.57. The summed E-state index contributed by atoms with van der Waals surface area (Å²) in [6, 6.07) is 16.9. The number of nitrogens with two attached hydrogens (primary N) is 1. The number of carbonyl (C=O) groups excluding carboxylic acids is 1. The summed E-state index contributed by atoms with van der Waals surface area (Å²) in [6.45, 7) is 1.04. The molecule has 4 heteroatoms. The molecule has 1 atom stereocenters. The summed E-state index contributed by atoms with van der Waals surface area (Å²) in [6.07, 6.45) is 0.541. The molecule has 2 aromatic carbocycles. The molecule has 2 aromatic rings. The number of nitrogens with zero attached hydrogens (tertiary/aromatic N) is 1. The van der Waals surface area contributed by atoms with Crippen molar-refractivity contribution >= 4 is 11.6 Å². The minimum Gasteiger partial charge on any atom is -0.490 e. The van der Waals surface area contributed by atoms with E-state index in [0.29, 0.717) is 19.6 Å². The van der Waals surface area contributed by atoms with Gasteiger partial charge in [-0.3, -0.25) is 4.79 Å². The first-order valence-corrected chi connectivity index (χ1v) is 7.08. The fourth-order valence-corrected chi connectivity index (χ4v) is 2.55. The molecule has 1 heterocycles. The van der Waals surface area contributed by atoms with E-state index < -0.39 is 6.04 Å². The van der Waals surface area contributed by atoms with E-state index in [0.717, 1.165) is 17.0 Å². The summed E-state index contributed by atoms with van der Waals surface area (Å²) in [5, 5.41) is 0. The van der Waals surface area contributed by atoms with Crippen molar-refractivity contribution in [1.82, 2.24) is 0 Å². The second-order valence-electron chi connectivity index (χ2n) is 5.10. The molecule has 0 aromatic heterocycles. The number of amides is 1. The van der Waals surface area contributed by atoms with E-state index in [1.807, 2.05) is 54.6 Å². The molecule has 108 valence electrons. The average molecular weight is 282 g/mol. The number of hydrogen-bond acceptors (Lipinski definition) is 3. The van der Waals surface area contributed by atoms with Crippen LogP contribution in [0.5, 0.6) is 5.75 Å². The molecule has 0 saturated carbocycles. The van der Waals surface area contributed by atoms with Gasteiger partial charge in [0.05, 0.1) is 18.3 Å². The van der Waals surface area contributed by atoms with E-state index in [9.17, 15) is 4.79 Å². The molecule has 0 fully saturated rings. The van der Waals surface area contributed by atoms with Crippen LogP contribution in [0.1, 0.15) is 5.56 Å². The minimum atomic E-state index is -0.543. The van der Waals surface area contributed by atoms with Gasteiger partial charge in [0, 0.05) is 0 Å². The van der Waals surface area contributed by atoms with Crippen molar-refractivity contribution in [1.29, 1.82) is 0 Å². The first-order chi connectivity index (χ1) is 10.3. The quantitative estimate of drug-likeness (QED) is 0.936. The van der Waals surface area contributed by atoms with Gasteiger partial charge in [-0.05, 0) is 24.1 Å². The number of ether oxygens (including phenoxy) is 1. The predicted molar refractivity (Wildman–Crippen MR) is 82.4 cm³/mol. The summed E-state index contributed by atoms with van der Waals surface area (Å²) in [7, 11) is 0. The minimum absolute atomic E-state index is 0.0606. The van der Waals surface area contributed by atoms with Crippen LogP contribution in [0.2, 0.25) is 0 Å². The van der Waals surface area contributed by atoms with Crippen LogP contribution in [0, 0.1) is 0 Å². The fourth-order valence-electron chi connectivity index (χ4n) is 2.55. The molecule has 21 heavy (non-hydrogen) atoms. The molecule has 0 spiro atoms. The second-order valence-corrected chi connectivity index (χ2v) is 5.10. The van der Waals surface area contributed by atoms with Crippen molar-refractivity contribution in [3.63, 3.8) is 0 Å². The van der Waals surface area contributed by atoms with Crippen molar-refractivity contribution in [2.24, 2.45) is 5.73 Å². The van der Waals surface area contributed by atoms with Gasteiger partial charge >= 0.3 is 0 Å². The molecular weight excluding hydrogens is 264 g/mol. The average Bonchev–Trinajstić information content (AvgIpc) is 2.54. The van der Waals surface area contributed by atoms with E-state index in [-0.39, 0.29) is 5.91 Å². The summed E-state index contributed by atoms with van der Waals surface area (Å²) >= 11 is 0. The van der Waals surface area contributed by atoms with Crippen LogP contribution < -0.4 is 15.4 Å². The van der Waals surface area contributed by atoms with Crippen LogP contribution in [0.25, 0.3) is 0 Å². The summed E-state index contributed by atoms with van der Waals surface area (Å²) in [5.74, 6) is 0.679. The zero-order chi connectivity index (χ0) is 14.7. The van der Waals surface area contributed by atoms with Gasteiger partial charge in [0.2, 0.25) is 5.91 Å². The van der Waals surface area contributed by atoms with Crippen LogP contribution in [0.15, 0.2) is 54.6 Å². The number of rotatable bonds is 3. The van der Waals surface area contributed by atoms with Gasteiger partial charge in [-0.25, -0.2) is 0 Å². The molecule has 1 aliphatic heterocycles. The molecule has 1 aliphatic rings. The van der Waals surface area contributed by atoms with Crippen molar-refractivity contribution in [3.8, 4) is 5.75 Å². The first-order valence-electron chi connectivity index (χ1n) is 7.08. The SMILES string of the molecule is N[C@@H](Cc1ccccc1)C(=O)N1CCOc2ccccc21. The van der Waals surface area contributed by atoms with E-state index >= 15 is 0 Å². The van der Waals surface area contributed by atoms with E-state index in [1.165, 1.54) is 0 Å². The number of fused-ring (bicyclic) bond motifs is 1. The van der Waals surface area contributed by atoms with Crippen molar-refractivity contribution in [3.05, 3.63) is 60.2 Å². The molecule has 4 nitrogen and oxygen atoms in total. The lowest BCUT2D eigenvalue weighted by Gasteiger charge is -2.31. The largest absolute Gasteiger partial charge is 0.490 e. The smallest absolute Gasteiger partial charge is 0.244 e. The van der Waals surface area contributed by atoms with Crippen LogP contribution in [-0.4, -0.2) is 25.1 Å². The number of hydrogen-bond donors (Lipinski definition) is 1. The van der Waals surface area contributed by atoms with Crippen LogP contribution in [0.4, 0.5) is 5.69 Å². The molecule has 0 saturated heterocycles. The molecule has 1 amide bonds. The first kappa shape index (κ1) is 13.6. The normalized spacial score (nSPS) is 15.0. The highest BCUT2D eigenvalue weighted by Gasteiger charge is 2.27. The Labute approximate surface area is 124 Å². The molecule has 3 rings (SSSR count). The Morgan fingerprint density at radius 2 is 1.86 bits per heavy atom. The number of carbonyl (C=O) groups is 1. The second kappa shape index (κ2) is 5.97. The third-order valence-electron chi connectivity index (χ3n) is 3.61. The Hall–Kier alpha value is -2.33. The lowest BCUT2D eigenvalue weighted by atomic mass is 10.0. The highest BCUT2D eigenvalue weighted by molar-refractivity contribution is 5.98. The van der Waals surface area contributed by atoms with E-state index in [4.69, 9.17) is 10.5 Å². The molecule has 2 N–H and O–H groups in total. The predicted octanol–water partition coefficient (Wildman–Crippen LogP) is 1.98. The van der Waals surface area contributed by atoms with Gasteiger partial charge < -0.3 is 15.4 Å². The third-order valence-corrected chi connectivity index (χ3v) is 3.61. The van der Waals surface area contributed by atoms with Gasteiger partial charge in [-0.1, -0.05) is 42.5 Å². The summed E-state index contributed by atoms with van der Waals surface area (Å²) in [4.78, 5) is 14.3. The van der Waals surface area contributed by atoms with Gasteiger partial charge in [0.1, 0.15) is 12.4 Å². The van der Waals surface area contributed by atoms with E-state index in [1.54, 1.807) is 4.90 Å². The number of anilines is 1. The van der Waals surface area contributed by atoms with Gasteiger partial charge in [-0.2, -0.15) is 0 Å². The molecule has 0 radical (unpaired) electrons. The molecular formula is C17H18N2O2. The Balaban J connectivity index is 1.77. The maximum atomic E-state index is 12.6. The van der Waals surface area contributed by atoms with Crippen LogP contribution in [-0.2, 0) is 11.2 Å². The fraction of sp³-hybridized carbons (Fsp3) is 0.235.